The van der Waals surface area contributed by atoms with E-state index in [0.717, 1.165) is 0 Å². The Morgan fingerprint density at radius 3 is 2.41 bits per heavy atom. The predicted octanol–water partition coefficient (Wildman–Crippen LogP) is 2.43. The lowest BCUT2D eigenvalue weighted by Crippen LogP contribution is -2.50. The second-order valence-electron chi connectivity index (χ2n) is 4.99. The minimum atomic E-state index is -1.16. The first kappa shape index (κ1) is 18.1. The van der Waals surface area contributed by atoms with Crippen LogP contribution in [0, 0.1) is 0 Å². The zero-order valence-corrected chi connectivity index (χ0v) is 14.0. The number of methoxy groups -OCH3 is 2. The maximum atomic E-state index is 12.3. The Morgan fingerprint density at radius 2 is 1.91 bits per heavy atom. The summed E-state index contributed by atoms with van der Waals surface area (Å²) in [5.41, 5.74) is -0.910. The smallest absolute Gasteiger partial charge is 0.330 e. The number of nitrogens with one attached hydrogen (secondary N) is 1. The van der Waals surface area contributed by atoms with Crippen LogP contribution in [0.3, 0.4) is 0 Å². The topological polar surface area (TPSA) is 73.9 Å². The highest BCUT2D eigenvalue weighted by Gasteiger charge is 2.31. The third-order valence-electron chi connectivity index (χ3n) is 2.90. The van der Waals surface area contributed by atoms with E-state index >= 15 is 0 Å². The Balaban J connectivity index is 3.09. The number of ether oxygens (including phenoxy) is 3. The number of halogens is 1. The predicted molar refractivity (Wildman–Crippen MR) is 82.7 cm³/mol. The van der Waals surface area contributed by atoms with Gasteiger partial charge in [-0.25, -0.2) is 4.79 Å². The number of carbonyl (C=O) groups is 2. The molecule has 0 fully saturated rings. The molecule has 0 atom stereocenters. The highest BCUT2D eigenvalue weighted by molar-refractivity contribution is 6.32. The molecule has 0 unspecified atom stereocenters. The minimum Gasteiger partial charge on any atom is -0.493 e. The second kappa shape index (κ2) is 7.35. The van der Waals surface area contributed by atoms with Crippen molar-refractivity contribution in [3.8, 4) is 11.5 Å². The van der Waals surface area contributed by atoms with E-state index in [9.17, 15) is 9.59 Å². The van der Waals surface area contributed by atoms with E-state index in [2.05, 4.69) is 10.1 Å². The van der Waals surface area contributed by atoms with E-state index in [4.69, 9.17) is 21.1 Å². The number of rotatable bonds is 6. The van der Waals surface area contributed by atoms with Gasteiger partial charge in [-0.1, -0.05) is 11.6 Å². The van der Waals surface area contributed by atoms with Gasteiger partial charge in [0, 0.05) is 5.56 Å². The molecule has 0 heterocycles. The molecular weight excluding hydrogens is 310 g/mol. The zero-order chi connectivity index (χ0) is 16.9. The quantitative estimate of drug-likeness (QED) is 0.811. The average Bonchev–Trinajstić information content (AvgIpc) is 2.47. The monoisotopic (exact) mass is 329 g/mol. The summed E-state index contributed by atoms with van der Waals surface area (Å²) in [5, 5.41) is 2.84. The molecule has 0 radical (unpaired) electrons. The van der Waals surface area contributed by atoms with Gasteiger partial charge >= 0.3 is 5.97 Å². The van der Waals surface area contributed by atoms with Crippen molar-refractivity contribution in [1.82, 2.24) is 5.32 Å². The highest BCUT2D eigenvalue weighted by Crippen LogP contribution is 2.36. The number of amides is 1. The number of hydrogen-bond donors (Lipinski definition) is 1. The molecule has 0 saturated heterocycles. The Kier molecular flexibility index (Phi) is 6.05. The number of benzene rings is 1. The van der Waals surface area contributed by atoms with Crippen LogP contribution in [-0.4, -0.2) is 38.2 Å². The normalized spacial score (nSPS) is 10.8. The maximum absolute atomic E-state index is 12.3. The van der Waals surface area contributed by atoms with Gasteiger partial charge in [0.25, 0.3) is 5.91 Å². The van der Waals surface area contributed by atoms with Crippen molar-refractivity contribution in [3.63, 3.8) is 0 Å². The molecule has 1 amide bonds. The van der Waals surface area contributed by atoms with Crippen LogP contribution in [0.4, 0.5) is 0 Å². The molecule has 0 aliphatic heterocycles. The van der Waals surface area contributed by atoms with Crippen LogP contribution in [-0.2, 0) is 9.53 Å². The summed E-state index contributed by atoms with van der Waals surface area (Å²) in [6.45, 7) is 5.32. The van der Waals surface area contributed by atoms with Crippen LogP contribution in [0.5, 0.6) is 11.5 Å². The van der Waals surface area contributed by atoms with Crippen molar-refractivity contribution in [2.24, 2.45) is 0 Å². The van der Waals surface area contributed by atoms with Gasteiger partial charge in [-0.15, -0.1) is 0 Å². The lowest BCUT2D eigenvalue weighted by atomic mass is 10.0. The Hall–Kier alpha value is -1.95. The highest BCUT2D eigenvalue weighted by atomic mass is 35.5. The number of hydrogen-bond acceptors (Lipinski definition) is 5. The summed E-state index contributed by atoms with van der Waals surface area (Å²) in [6, 6.07) is 2.96. The SMILES string of the molecule is CCOc1c(Cl)cc(C(=O)NC(C)(C)C(=O)OC)cc1OC. The molecule has 22 heavy (non-hydrogen) atoms. The molecule has 122 valence electrons. The lowest BCUT2D eigenvalue weighted by Gasteiger charge is -2.23. The van der Waals surface area contributed by atoms with Crippen LogP contribution in [0.25, 0.3) is 0 Å². The first-order valence-electron chi connectivity index (χ1n) is 6.68. The first-order valence-corrected chi connectivity index (χ1v) is 7.05. The Labute approximate surface area is 134 Å². The Morgan fingerprint density at radius 1 is 1.27 bits per heavy atom. The van der Waals surface area contributed by atoms with E-state index in [-0.39, 0.29) is 10.6 Å². The summed E-state index contributed by atoms with van der Waals surface area (Å²) in [6.07, 6.45) is 0. The molecule has 1 aromatic carbocycles. The molecule has 0 aliphatic carbocycles. The lowest BCUT2D eigenvalue weighted by molar-refractivity contribution is -0.146. The van der Waals surface area contributed by atoms with Crippen LogP contribution in [0.2, 0.25) is 5.02 Å². The van der Waals surface area contributed by atoms with Crippen molar-refractivity contribution < 1.29 is 23.8 Å². The van der Waals surface area contributed by atoms with Crippen LogP contribution >= 0.6 is 11.6 Å². The van der Waals surface area contributed by atoms with Gasteiger partial charge in [0.1, 0.15) is 5.54 Å². The van der Waals surface area contributed by atoms with Gasteiger partial charge in [-0.3, -0.25) is 4.79 Å². The largest absolute Gasteiger partial charge is 0.493 e. The molecular formula is C15H20ClNO5. The van der Waals surface area contributed by atoms with Crippen molar-refractivity contribution in [3.05, 3.63) is 22.7 Å². The van der Waals surface area contributed by atoms with Gasteiger partial charge in [0.2, 0.25) is 0 Å². The average molecular weight is 330 g/mol. The van der Waals surface area contributed by atoms with Crippen molar-refractivity contribution in [2.45, 2.75) is 26.3 Å². The first-order chi connectivity index (χ1) is 10.3. The molecule has 1 N–H and O–H groups in total. The number of esters is 1. The van der Waals surface area contributed by atoms with E-state index in [1.54, 1.807) is 13.8 Å². The van der Waals surface area contributed by atoms with Gasteiger partial charge in [-0.05, 0) is 32.9 Å². The van der Waals surface area contributed by atoms with E-state index in [1.165, 1.54) is 26.4 Å². The molecule has 0 saturated carbocycles. The molecule has 0 aromatic heterocycles. The summed E-state index contributed by atoms with van der Waals surface area (Å²) >= 11 is 6.12. The van der Waals surface area contributed by atoms with Crippen molar-refractivity contribution >= 4 is 23.5 Å². The summed E-state index contributed by atoms with van der Waals surface area (Å²) < 4.78 is 15.2. The summed E-state index contributed by atoms with van der Waals surface area (Å²) in [7, 11) is 2.71. The van der Waals surface area contributed by atoms with Crippen molar-refractivity contribution in [1.29, 1.82) is 0 Å². The molecule has 0 spiro atoms. The summed E-state index contributed by atoms with van der Waals surface area (Å²) in [4.78, 5) is 23.9. The van der Waals surface area contributed by atoms with E-state index in [0.29, 0.717) is 18.1 Å². The van der Waals surface area contributed by atoms with Crippen LogP contribution in [0.1, 0.15) is 31.1 Å². The van der Waals surface area contributed by atoms with Gasteiger partial charge in [0.15, 0.2) is 11.5 Å². The third kappa shape index (κ3) is 4.04. The zero-order valence-electron chi connectivity index (χ0n) is 13.3. The fraction of sp³-hybridized carbons (Fsp3) is 0.467. The Bertz CT molecular complexity index is 571. The van der Waals surface area contributed by atoms with E-state index < -0.39 is 17.4 Å². The second-order valence-corrected chi connectivity index (χ2v) is 5.40. The van der Waals surface area contributed by atoms with Crippen LogP contribution < -0.4 is 14.8 Å². The standard InChI is InChI=1S/C15H20ClNO5/c1-6-22-12-10(16)7-9(8-11(12)20-4)13(18)17-15(2,3)14(19)21-5/h7-8H,6H2,1-5H3,(H,17,18). The molecule has 1 aromatic rings. The van der Waals surface area contributed by atoms with Crippen LogP contribution in [0.15, 0.2) is 12.1 Å². The molecule has 1 rings (SSSR count). The third-order valence-corrected chi connectivity index (χ3v) is 3.18. The molecule has 0 aliphatic rings. The fourth-order valence-electron chi connectivity index (χ4n) is 1.80. The van der Waals surface area contributed by atoms with Gasteiger partial charge in [-0.2, -0.15) is 0 Å². The van der Waals surface area contributed by atoms with Gasteiger partial charge in [0.05, 0.1) is 25.8 Å². The molecule has 7 heteroatoms. The summed E-state index contributed by atoms with van der Waals surface area (Å²) in [5.74, 6) is -0.311. The minimum absolute atomic E-state index is 0.252. The van der Waals surface area contributed by atoms with E-state index in [1.807, 2.05) is 6.92 Å². The molecule has 0 bridgehead atoms. The molecule has 6 nitrogen and oxygen atoms in total. The maximum Gasteiger partial charge on any atom is 0.330 e. The number of carbonyl (C=O) groups excluding carboxylic acids is 2. The van der Waals surface area contributed by atoms with Crippen molar-refractivity contribution in [2.75, 3.05) is 20.8 Å². The fourth-order valence-corrected chi connectivity index (χ4v) is 2.06. The van der Waals surface area contributed by atoms with Gasteiger partial charge < -0.3 is 19.5 Å².